The maximum Gasteiger partial charge on any atom is 0.240 e. The van der Waals surface area contributed by atoms with Crippen LogP contribution in [0.2, 0.25) is 0 Å². The molecule has 0 radical (unpaired) electrons. The highest BCUT2D eigenvalue weighted by atomic mass is 16.5. The average molecular weight is 240 g/mol. The molecule has 2 unspecified atom stereocenters. The van der Waals surface area contributed by atoms with Crippen molar-refractivity contribution in [2.24, 2.45) is 0 Å². The first kappa shape index (κ1) is 12.8. The molecule has 17 heavy (non-hydrogen) atoms. The van der Waals surface area contributed by atoms with Crippen molar-refractivity contribution in [3.05, 3.63) is 0 Å². The quantitative estimate of drug-likeness (QED) is 0.805. The third-order valence-electron chi connectivity index (χ3n) is 3.96. The van der Waals surface area contributed by atoms with Gasteiger partial charge in [0.1, 0.15) is 0 Å². The van der Waals surface area contributed by atoms with Gasteiger partial charge in [-0.25, -0.2) is 0 Å². The summed E-state index contributed by atoms with van der Waals surface area (Å²) in [6.45, 7) is 7.50. The van der Waals surface area contributed by atoms with Gasteiger partial charge in [0.15, 0.2) is 0 Å². The van der Waals surface area contributed by atoms with E-state index in [4.69, 9.17) is 4.74 Å². The summed E-state index contributed by atoms with van der Waals surface area (Å²) in [5.74, 6) is 0.270. The molecule has 2 aliphatic heterocycles. The van der Waals surface area contributed by atoms with Crippen LogP contribution in [0.5, 0.6) is 0 Å². The minimum absolute atomic E-state index is 0.0208. The van der Waals surface area contributed by atoms with Gasteiger partial charge in [0.25, 0.3) is 0 Å². The number of piperidine rings is 1. The van der Waals surface area contributed by atoms with Gasteiger partial charge in [-0.3, -0.25) is 4.79 Å². The Bertz CT molecular complexity index is 273. The Balaban J connectivity index is 2.06. The van der Waals surface area contributed by atoms with Gasteiger partial charge in [-0.1, -0.05) is 6.92 Å². The van der Waals surface area contributed by atoms with Gasteiger partial charge in [0, 0.05) is 13.2 Å². The largest absolute Gasteiger partial charge is 0.379 e. The second-order valence-corrected chi connectivity index (χ2v) is 5.40. The number of hydrogen-bond acceptors (Lipinski definition) is 3. The van der Waals surface area contributed by atoms with Crippen LogP contribution in [0.4, 0.5) is 0 Å². The lowest BCUT2D eigenvalue weighted by atomic mass is 9.89. The highest BCUT2D eigenvalue weighted by Gasteiger charge is 2.41. The number of hydrogen-bond donors (Lipinski definition) is 1. The van der Waals surface area contributed by atoms with Gasteiger partial charge >= 0.3 is 0 Å². The summed E-state index contributed by atoms with van der Waals surface area (Å²) < 4.78 is 5.57. The first-order valence-corrected chi connectivity index (χ1v) is 6.80. The third-order valence-corrected chi connectivity index (χ3v) is 3.96. The molecule has 2 saturated heterocycles. The molecule has 2 atom stereocenters. The van der Waals surface area contributed by atoms with E-state index >= 15 is 0 Å². The van der Waals surface area contributed by atoms with Crippen LogP contribution in [0, 0.1) is 0 Å². The van der Waals surface area contributed by atoms with Crippen LogP contribution >= 0.6 is 0 Å². The van der Waals surface area contributed by atoms with E-state index in [2.05, 4.69) is 24.1 Å². The molecule has 0 aromatic heterocycles. The molecule has 0 bridgehead atoms. The summed E-state index contributed by atoms with van der Waals surface area (Å²) in [5, 5.41) is 3.29. The van der Waals surface area contributed by atoms with Crippen LogP contribution in [-0.4, -0.2) is 48.7 Å². The fraction of sp³-hybridized carbons (Fsp3) is 0.923. The number of rotatable bonds is 3. The molecule has 2 fully saturated rings. The summed E-state index contributed by atoms with van der Waals surface area (Å²) in [6, 6.07) is 0.0208. The van der Waals surface area contributed by atoms with E-state index in [-0.39, 0.29) is 17.5 Å². The lowest BCUT2D eigenvalue weighted by Crippen LogP contribution is -2.61. The first-order valence-electron chi connectivity index (χ1n) is 6.80. The van der Waals surface area contributed by atoms with Crippen molar-refractivity contribution in [1.82, 2.24) is 10.2 Å². The molecule has 2 rings (SSSR count). The van der Waals surface area contributed by atoms with Crippen molar-refractivity contribution >= 4 is 5.91 Å². The third kappa shape index (κ3) is 2.63. The lowest BCUT2D eigenvalue weighted by molar-refractivity contribution is -0.148. The van der Waals surface area contributed by atoms with Crippen molar-refractivity contribution in [3.63, 3.8) is 0 Å². The van der Waals surface area contributed by atoms with E-state index < -0.39 is 0 Å². The number of likely N-dealkylation sites (tertiary alicyclic amines) is 1. The van der Waals surface area contributed by atoms with Crippen LogP contribution in [0.1, 0.15) is 39.5 Å². The molecular formula is C13H24N2O2. The topological polar surface area (TPSA) is 41.6 Å². The monoisotopic (exact) mass is 240 g/mol. The van der Waals surface area contributed by atoms with Crippen molar-refractivity contribution in [2.45, 2.75) is 51.1 Å². The van der Waals surface area contributed by atoms with Crippen molar-refractivity contribution in [3.8, 4) is 0 Å². The van der Waals surface area contributed by atoms with Crippen LogP contribution in [0.15, 0.2) is 0 Å². The van der Waals surface area contributed by atoms with E-state index in [9.17, 15) is 4.79 Å². The standard InChI is InChI=1S/C13H24N2O2/c1-3-14-11-6-4-8-15(12(11)16)13(2)7-5-9-17-10-13/h11,14H,3-10H2,1-2H3. The fourth-order valence-electron chi connectivity index (χ4n) is 2.98. The summed E-state index contributed by atoms with van der Waals surface area (Å²) in [6.07, 6.45) is 4.20. The Morgan fingerprint density at radius 3 is 3.00 bits per heavy atom. The second kappa shape index (κ2) is 5.36. The van der Waals surface area contributed by atoms with E-state index in [1.54, 1.807) is 0 Å². The van der Waals surface area contributed by atoms with Gasteiger partial charge in [0.05, 0.1) is 18.2 Å². The number of amides is 1. The highest BCUT2D eigenvalue weighted by Crippen LogP contribution is 2.29. The molecule has 0 spiro atoms. The normalized spacial score (nSPS) is 35.1. The van der Waals surface area contributed by atoms with Crippen LogP contribution < -0.4 is 5.32 Å². The van der Waals surface area contributed by atoms with Crippen LogP contribution in [0.3, 0.4) is 0 Å². The molecule has 98 valence electrons. The Hall–Kier alpha value is -0.610. The molecular weight excluding hydrogens is 216 g/mol. The Kier molecular flexibility index (Phi) is 4.05. The van der Waals surface area contributed by atoms with E-state index in [1.807, 2.05) is 0 Å². The highest BCUT2D eigenvalue weighted by molar-refractivity contribution is 5.83. The van der Waals surface area contributed by atoms with Crippen molar-refractivity contribution < 1.29 is 9.53 Å². The molecule has 0 saturated carbocycles. The van der Waals surface area contributed by atoms with Gasteiger partial charge in [-0.05, 0) is 39.2 Å². The minimum Gasteiger partial charge on any atom is -0.379 e. The first-order chi connectivity index (χ1) is 8.17. The van der Waals surface area contributed by atoms with E-state index in [1.165, 1.54) is 0 Å². The van der Waals surface area contributed by atoms with Gasteiger partial charge in [-0.2, -0.15) is 0 Å². The molecule has 1 amide bonds. The van der Waals surface area contributed by atoms with Crippen molar-refractivity contribution in [2.75, 3.05) is 26.3 Å². The molecule has 4 nitrogen and oxygen atoms in total. The Labute approximate surface area is 104 Å². The number of carbonyl (C=O) groups excluding carboxylic acids is 1. The number of nitrogens with one attached hydrogen (secondary N) is 1. The predicted molar refractivity (Wildman–Crippen MR) is 66.9 cm³/mol. The zero-order valence-electron chi connectivity index (χ0n) is 11.0. The fourth-order valence-corrected chi connectivity index (χ4v) is 2.98. The van der Waals surface area contributed by atoms with Crippen LogP contribution in [-0.2, 0) is 9.53 Å². The summed E-state index contributed by atoms with van der Waals surface area (Å²) in [7, 11) is 0. The number of ether oxygens (including phenoxy) is 1. The minimum atomic E-state index is -0.0799. The molecule has 0 aromatic rings. The summed E-state index contributed by atoms with van der Waals surface area (Å²) >= 11 is 0. The smallest absolute Gasteiger partial charge is 0.240 e. The van der Waals surface area contributed by atoms with Gasteiger partial charge in [0.2, 0.25) is 5.91 Å². The van der Waals surface area contributed by atoms with Gasteiger partial charge in [-0.15, -0.1) is 0 Å². The Morgan fingerprint density at radius 1 is 1.53 bits per heavy atom. The summed E-state index contributed by atoms with van der Waals surface area (Å²) in [5.41, 5.74) is -0.0799. The van der Waals surface area contributed by atoms with Crippen molar-refractivity contribution in [1.29, 1.82) is 0 Å². The summed E-state index contributed by atoms with van der Waals surface area (Å²) in [4.78, 5) is 14.5. The maximum atomic E-state index is 12.4. The number of likely N-dealkylation sites (N-methyl/N-ethyl adjacent to an activating group) is 1. The molecule has 2 aliphatic rings. The van der Waals surface area contributed by atoms with E-state index in [0.29, 0.717) is 6.61 Å². The Morgan fingerprint density at radius 2 is 2.35 bits per heavy atom. The second-order valence-electron chi connectivity index (χ2n) is 5.40. The lowest BCUT2D eigenvalue weighted by Gasteiger charge is -2.47. The molecule has 2 heterocycles. The van der Waals surface area contributed by atoms with E-state index in [0.717, 1.165) is 45.4 Å². The predicted octanol–water partition coefficient (Wildman–Crippen LogP) is 1.16. The van der Waals surface area contributed by atoms with Gasteiger partial charge < -0.3 is 15.0 Å². The zero-order valence-corrected chi connectivity index (χ0v) is 11.0. The SMILES string of the molecule is CCNC1CCCN(C2(C)CCCOC2)C1=O. The molecule has 1 N–H and O–H groups in total. The maximum absolute atomic E-state index is 12.4. The number of carbonyl (C=O) groups is 1. The average Bonchev–Trinajstić information content (AvgIpc) is 2.33. The molecule has 4 heteroatoms. The van der Waals surface area contributed by atoms with Crippen LogP contribution in [0.25, 0.3) is 0 Å². The molecule has 0 aliphatic carbocycles. The zero-order chi connectivity index (χ0) is 12.3. The number of nitrogens with zero attached hydrogens (tertiary/aromatic N) is 1. The molecule has 0 aromatic carbocycles.